The molecule has 0 bridgehead atoms. The molecular weight excluding hydrogens is 466 g/mol. The van der Waals surface area contributed by atoms with Crippen LogP contribution < -0.4 is 5.32 Å². The molecule has 0 aliphatic rings. The van der Waals surface area contributed by atoms with Gasteiger partial charge < -0.3 is 19.5 Å². The second kappa shape index (κ2) is 12.5. The summed E-state index contributed by atoms with van der Waals surface area (Å²) in [6.45, 7) is -0.0881. The minimum absolute atomic E-state index is 0.0728. The SMILES string of the molecule is COC(=O)C(COC(c1ccccc1)(c1ccccc1)c1ccccc1)NC(=O)OCc1ccccc1. The molecule has 4 aromatic rings. The summed E-state index contributed by atoms with van der Waals surface area (Å²) in [7, 11) is 1.27. The number of methoxy groups -OCH3 is 1. The Balaban J connectivity index is 1.63. The lowest BCUT2D eigenvalue weighted by atomic mass is 9.80. The third-order valence-electron chi connectivity index (χ3n) is 6.00. The number of alkyl carbamates (subject to hydrolysis) is 1. The fourth-order valence-electron chi connectivity index (χ4n) is 4.19. The maximum Gasteiger partial charge on any atom is 0.408 e. The van der Waals surface area contributed by atoms with Gasteiger partial charge in [-0.05, 0) is 22.3 Å². The zero-order valence-electron chi connectivity index (χ0n) is 20.6. The van der Waals surface area contributed by atoms with Crippen molar-refractivity contribution in [2.45, 2.75) is 18.2 Å². The Kier molecular flexibility index (Phi) is 8.68. The van der Waals surface area contributed by atoms with Crippen molar-refractivity contribution in [3.63, 3.8) is 0 Å². The van der Waals surface area contributed by atoms with Crippen LogP contribution in [0, 0.1) is 0 Å². The third-order valence-corrected chi connectivity index (χ3v) is 6.00. The minimum Gasteiger partial charge on any atom is -0.467 e. The summed E-state index contributed by atoms with van der Waals surface area (Å²) < 4.78 is 17.0. The van der Waals surface area contributed by atoms with Crippen LogP contribution in [0.5, 0.6) is 0 Å². The van der Waals surface area contributed by atoms with Crippen LogP contribution in [-0.2, 0) is 31.2 Å². The lowest BCUT2D eigenvalue weighted by Gasteiger charge is -2.36. The highest BCUT2D eigenvalue weighted by atomic mass is 16.6. The van der Waals surface area contributed by atoms with Gasteiger partial charge >= 0.3 is 12.1 Å². The lowest BCUT2D eigenvalue weighted by molar-refractivity contribution is -0.146. The van der Waals surface area contributed by atoms with Crippen molar-refractivity contribution in [2.24, 2.45) is 0 Å². The number of rotatable bonds is 10. The standard InChI is InChI=1S/C31H29NO5/c1-35-29(33)28(32-30(34)36-22-24-14-6-2-7-15-24)23-37-31(25-16-8-3-9-17-25,26-18-10-4-11-19-26)27-20-12-5-13-21-27/h2-21,28H,22-23H2,1H3,(H,32,34). The smallest absolute Gasteiger partial charge is 0.408 e. The summed E-state index contributed by atoms with van der Waals surface area (Å²) in [6, 6.07) is 37.5. The first-order chi connectivity index (χ1) is 18.1. The number of carbonyl (C=O) groups excluding carboxylic acids is 2. The molecule has 1 unspecified atom stereocenters. The average Bonchev–Trinajstić information content (AvgIpc) is 2.97. The summed E-state index contributed by atoms with van der Waals surface area (Å²) in [6.07, 6.45) is -0.743. The Bertz CT molecular complexity index is 1170. The van der Waals surface area contributed by atoms with E-state index in [0.717, 1.165) is 22.3 Å². The van der Waals surface area contributed by atoms with E-state index in [1.165, 1.54) is 7.11 Å². The summed E-state index contributed by atoms with van der Waals surface area (Å²) in [5, 5.41) is 2.60. The molecule has 1 N–H and O–H groups in total. The Morgan fingerprint density at radius 3 is 1.57 bits per heavy atom. The molecule has 0 fully saturated rings. The van der Waals surface area contributed by atoms with Gasteiger partial charge in [-0.1, -0.05) is 121 Å². The highest BCUT2D eigenvalue weighted by Gasteiger charge is 2.39. The number of hydrogen-bond acceptors (Lipinski definition) is 5. The van der Waals surface area contributed by atoms with Crippen molar-refractivity contribution in [2.75, 3.05) is 13.7 Å². The topological polar surface area (TPSA) is 73.9 Å². The molecule has 0 aliphatic heterocycles. The second-order valence-electron chi connectivity index (χ2n) is 8.37. The first-order valence-corrected chi connectivity index (χ1v) is 12.0. The van der Waals surface area contributed by atoms with Gasteiger partial charge in [-0.3, -0.25) is 0 Å². The minimum atomic E-state index is -1.09. The molecule has 0 saturated carbocycles. The van der Waals surface area contributed by atoms with E-state index in [4.69, 9.17) is 14.2 Å². The molecule has 4 aromatic carbocycles. The monoisotopic (exact) mass is 495 g/mol. The first kappa shape index (κ1) is 25.7. The third kappa shape index (κ3) is 6.23. The normalized spacial score (nSPS) is 11.8. The van der Waals surface area contributed by atoms with E-state index in [1.807, 2.05) is 121 Å². The van der Waals surface area contributed by atoms with Gasteiger partial charge in [-0.15, -0.1) is 0 Å². The first-order valence-electron chi connectivity index (χ1n) is 12.0. The molecule has 0 aliphatic carbocycles. The predicted molar refractivity (Wildman–Crippen MR) is 141 cm³/mol. The highest BCUT2D eigenvalue weighted by Crippen LogP contribution is 2.40. The van der Waals surface area contributed by atoms with Crippen molar-refractivity contribution in [3.05, 3.63) is 144 Å². The van der Waals surface area contributed by atoms with Gasteiger partial charge in [0.2, 0.25) is 0 Å². The van der Waals surface area contributed by atoms with Gasteiger partial charge in [0.05, 0.1) is 13.7 Å². The number of carbonyl (C=O) groups is 2. The second-order valence-corrected chi connectivity index (χ2v) is 8.37. The molecule has 0 spiro atoms. The highest BCUT2D eigenvalue weighted by molar-refractivity contribution is 5.81. The zero-order valence-corrected chi connectivity index (χ0v) is 20.6. The van der Waals surface area contributed by atoms with Crippen LogP contribution >= 0.6 is 0 Å². The maximum absolute atomic E-state index is 12.7. The number of amides is 1. The summed E-state index contributed by atoms with van der Waals surface area (Å²) >= 11 is 0. The Hall–Kier alpha value is -4.42. The van der Waals surface area contributed by atoms with E-state index in [0.29, 0.717) is 0 Å². The average molecular weight is 496 g/mol. The maximum atomic E-state index is 12.7. The Labute approximate surface area is 216 Å². The van der Waals surface area contributed by atoms with Gasteiger partial charge in [0.25, 0.3) is 0 Å². The van der Waals surface area contributed by atoms with Crippen molar-refractivity contribution in [1.29, 1.82) is 0 Å². The molecule has 37 heavy (non-hydrogen) atoms. The zero-order chi connectivity index (χ0) is 25.9. The number of esters is 1. The number of benzene rings is 4. The van der Waals surface area contributed by atoms with E-state index in [9.17, 15) is 9.59 Å². The molecule has 4 rings (SSSR count). The van der Waals surface area contributed by atoms with Crippen molar-refractivity contribution < 1.29 is 23.8 Å². The van der Waals surface area contributed by atoms with Crippen molar-refractivity contribution in [3.8, 4) is 0 Å². The molecule has 0 saturated heterocycles. The van der Waals surface area contributed by atoms with Crippen LogP contribution in [-0.4, -0.2) is 31.8 Å². The van der Waals surface area contributed by atoms with Crippen LogP contribution in [0.2, 0.25) is 0 Å². The predicted octanol–water partition coefficient (Wildman–Crippen LogP) is 5.46. The molecule has 0 radical (unpaired) electrons. The van der Waals surface area contributed by atoms with Gasteiger partial charge in [-0.2, -0.15) is 0 Å². The molecule has 6 nitrogen and oxygen atoms in total. The number of nitrogens with one attached hydrogen (secondary N) is 1. The molecule has 1 amide bonds. The summed E-state index contributed by atoms with van der Waals surface area (Å²) in [5.41, 5.74) is 2.42. The van der Waals surface area contributed by atoms with Gasteiger partial charge in [0.1, 0.15) is 12.2 Å². The number of ether oxygens (including phenoxy) is 3. The Morgan fingerprint density at radius 1 is 0.703 bits per heavy atom. The molecular formula is C31H29NO5. The van der Waals surface area contributed by atoms with Crippen molar-refractivity contribution in [1.82, 2.24) is 5.32 Å². The van der Waals surface area contributed by atoms with Crippen LogP contribution in [0.3, 0.4) is 0 Å². The van der Waals surface area contributed by atoms with Gasteiger partial charge in [-0.25, -0.2) is 9.59 Å². The van der Waals surface area contributed by atoms with Crippen LogP contribution in [0.25, 0.3) is 0 Å². The number of hydrogen-bond donors (Lipinski definition) is 1. The van der Waals surface area contributed by atoms with Crippen molar-refractivity contribution >= 4 is 12.1 Å². The summed E-state index contributed by atoms with van der Waals surface area (Å²) in [4.78, 5) is 25.3. The molecule has 188 valence electrons. The summed E-state index contributed by atoms with van der Waals surface area (Å²) in [5.74, 6) is -0.639. The molecule has 0 aromatic heterocycles. The fraction of sp³-hybridized carbons (Fsp3) is 0.161. The molecule has 6 heteroatoms. The quantitative estimate of drug-likeness (QED) is 0.234. The van der Waals surface area contributed by atoms with E-state index < -0.39 is 23.7 Å². The molecule has 0 heterocycles. The lowest BCUT2D eigenvalue weighted by Crippen LogP contribution is -2.47. The van der Waals surface area contributed by atoms with E-state index in [-0.39, 0.29) is 13.2 Å². The van der Waals surface area contributed by atoms with E-state index >= 15 is 0 Å². The largest absolute Gasteiger partial charge is 0.467 e. The van der Waals surface area contributed by atoms with Crippen LogP contribution in [0.4, 0.5) is 4.79 Å². The van der Waals surface area contributed by atoms with E-state index in [2.05, 4.69) is 5.32 Å². The van der Waals surface area contributed by atoms with Crippen LogP contribution in [0.15, 0.2) is 121 Å². The van der Waals surface area contributed by atoms with Crippen LogP contribution in [0.1, 0.15) is 22.3 Å². The van der Waals surface area contributed by atoms with Gasteiger partial charge in [0, 0.05) is 0 Å². The molecule has 1 atom stereocenters. The van der Waals surface area contributed by atoms with E-state index in [1.54, 1.807) is 0 Å². The van der Waals surface area contributed by atoms with Gasteiger partial charge in [0.15, 0.2) is 6.04 Å². The Morgan fingerprint density at radius 2 is 1.14 bits per heavy atom. The fourth-order valence-corrected chi connectivity index (χ4v) is 4.19.